The molecule has 0 spiro atoms. The Morgan fingerprint density at radius 1 is 1.60 bits per heavy atom. The molecule has 1 amide bonds. The van der Waals surface area contributed by atoms with Crippen LogP contribution in [0.1, 0.15) is 30.6 Å². The van der Waals surface area contributed by atoms with Gasteiger partial charge in [0.2, 0.25) is 5.88 Å². The Hall–Kier alpha value is -1.27. The number of hydrogen-bond donors (Lipinski definition) is 2. The predicted octanol–water partition coefficient (Wildman–Crippen LogP) is 1.47. The number of rotatable bonds is 5. The summed E-state index contributed by atoms with van der Waals surface area (Å²) in [6.07, 6.45) is 2.76. The van der Waals surface area contributed by atoms with Gasteiger partial charge >= 0.3 is 0 Å². The van der Waals surface area contributed by atoms with Crippen LogP contribution in [0.15, 0.2) is 18.3 Å². The number of amides is 1. The topological polar surface area (TPSA) is 71.5 Å². The molecule has 1 saturated heterocycles. The minimum atomic E-state index is -0.646. The van der Waals surface area contributed by atoms with Crippen molar-refractivity contribution in [1.82, 2.24) is 10.3 Å². The average molecular weight is 296 g/mol. The molecule has 1 aromatic rings. The molecule has 20 heavy (non-hydrogen) atoms. The van der Waals surface area contributed by atoms with Gasteiger partial charge in [-0.25, -0.2) is 4.98 Å². The van der Waals surface area contributed by atoms with Crippen molar-refractivity contribution in [2.45, 2.75) is 31.9 Å². The van der Waals surface area contributed by atoms with Crippen LogP contribution in [0.2, 0.25) is 0 Å². The highest BCUT2D eigenvalue weighted by Gasteiger charge is 2.21. The first kappa shape index (κ1) is 15.1. The van der Waals surface area contributed by atoms with Crippen LogP contribution in [0.3, 0.4) is 0 Å². The maximum Gasteiger partial charge on any atom is 0.253 e. The van der Waals surface area contributed by atoms with E-state index in [-0.39, 0.29) is 18.6 Å². The summed E-state index contributed by atoms with van der Waals surface area (Å²) in [5.41, 5.74) is -0.187. The van der Waals surface area contributed by atoms with Gasteiger partial charge in [-0.2, -0.15) is 11.8 Å². The summed E-state index contributed by atoms with van der Waals surface area (Å²) in [5, 5.41) is 11.9. The van der Waals surface area contributed by atoms with Crippen LogP contribution >= 0.6 is 11.8 Å². The summed E-state index contributed by atoms with van der Waals surface area (Å²) in [7, 11) is 0. The Kier molecular flexibility index (Phi) is 4.88. The van der Waals surface area contributed by atoms with Gasteiger partial charge in [-0.1, -0.05) is 0 Å². The van der Waals surface area contributed by atoms with Crippen molar-refractivity contribution in [2.24, 2.45) is 0 Å². The normalized spacial score (nSPS) is 18.9. The number of aliphatic hydroxyl groups is 1. The van der Waals surface area contributed by atoms with E-state index in [2.05, 4.69) is 10.3 Å². The summed E-state index contributed by atoms with van der Waals surface area (Å²) in [6.45, 7) is 3.40. The summed E-state index contributed by atoms with van der Waals surface area (Å²) in [5.74, 6) is 2.42. The van der Waals surface area contributed by atoms with Crippen molar-refractivity contribution in [3.63, 3.8) is 0 Å². The summed E-state index contributed by atoms with van der Waals surface area (Å²) in [4.78, 5) is 16.1. The second kappa shape index (κ2) is 6.45. The quantitative estimate of drug-likeness (QED) is 0.861. The fraction of sp³-hybridized carbons (Fsp3) is 0.571. The Labute approximate surface area is 123 Å². The number of nitrogens with one attached hydrogen (secondary N) is 1. The molecule has 1 fully saturated rings. The van der Waals surface area contributed by atoms with E-state index in [1.165, 1.54) is 6.20 Å². The predicted molar refractivity (Wildman–Crippen MR) is 79.2 cm³/mol. The largest absolute Gasteiger partial charge is 0.473 e. The standard InChI is InChI=1S/C14H20N2O3S/c1-14(2,9-17)16-13(18)10-3-4-12(15-7-10)19-11-5-6-20-8-11/h3-4,7,11,17H,5-6,8-9H2,1-2H3,(H,16,18). The van der Waals surface area contributed by atoms with Gasteiger partial charge in [-0.3, -0.25) is 4.79 Å². The second-order valence-corrected chi connectivity index (χ2v) is 6.63. The van der Waals surface area contributed by atoms with Crippen LogP contribution in [0.25, 0.3) is 0 Å². The van der Waals surface area contributed by atoms with Crippen molar-refractivity contribution in [1.29, 1.82) is 0 Å². The van der Waals surface area contributed by atoms with E-state index >= 15 is 0 Å². The molecule has 1 unspecified atom stereocenters. The number of ether oxygens (including phenoxy) is 1. The van der Waals surface area contributed by atoms with Crippen LogP contribution < -0.4 is 10.1 Å². The molecule has 2 heterocycles. The molecule has 1 aliphatic rings. The van der Waals surface area contributed by atoms with E-state index < -0.39 is 5.54 Å². The van der Waals surface area contributed by atoms with Gasteiger partial charge in [-0.05, 0) is 32.1 Å². The van der Waals surface area contributed by atoms with Crippen molar-refractivity contribution >= 4 is 17.7 Å². The van der Waals surface area contributed by atoms with Crippen molar-refractivity contribution in [3.8, 4) is 5.88 Å². The second-order valence-electron chi connectivity index (χ2n) is 5.48. The van der Waals surface area contributed by atoms with Crippen LogP contribution in [0, 0.1) is 0 Å². The van der Waals surface area contributed by atoms with Crippen LogP contribution in [0.4, 0.5) is 0 Å². The van der Waals surface area contributed by atoms with Crippen LogP contribution in [-0.4, -0.2) is 45.8 Å². The molecule has 2 rings (SSSR count). The SMILES string of the molecule is CC(C)(CO)NC(=O)c1ccc(OC2CCSC2)nc1. The molecule has 5 nitrogen and oxygen atoms in total. The third-order valence-electron chi connectivity index (χ3n) is 3.02. The van der Waals surface area contributed by atoms with Gasteiger partial charge < -0.3 is 15.2 Å². The van der Waals surface area contributed by atoms with E-state index in [0.29, 0.717) is 11.4 Å². The molecule has 0 radical (unpaired) electrons. The average Bonchev–Trinajstić information content (AvgIpc) is 2.92. The van der Waals surface area contributed by atoms with Gasteiger partial charge in [0.15, 0.2) is 0 Å². The first-order valence-corrected chi connectivity index (χ1v) is 7.79. The fourth-order valence-electron chi connectivity index (χ4n) is 1.78. The number of pyridine rings is 1. The first-order valence-electron chi connectivity index (χ1n) is 6.64. The highest BCUT2D eigenvalue weighted by atomic mass is 32.2. The third-order valence-corrected chi connectivity index (χ3v) is 4.15. The highest BCUT2D eigenvalue weighted by Crippen LogP contribution is 2.22. The molecule has 1 aromatic heterocycles. The maximum atomic E-state index is 12.0. The van der Waals surface area contributed by atoms with E-state index in [0.717, 1.165) is 17.9 Å². The van der Waals surface area contributed by atoms with Gasteiger partial charge in [0.25, 0.3) is 5.91 Å². The summed E-state index contributed by atoms with van der Waals surface area (Å²) < 4.78 is 5.73. The van der Waals surface area contributed by atoms with E-state index in [1.54, 1.807) is 26.0 Å². The van der Waals surface area contributed by atoms with Gasteiger partial charge in [0.1, 0.15) is 6.10 Å². The fourth-order valence-corrected chi connectivity index (χ4v) is 2.87. The number of carbonyl (C=O) groups is 1. The minimum Gasteiger partial charge on any atom is -0.473 e. The summed E-state index contributed by atoms with van der Waals surface area (Å²) in [6, 6.07) is 3.40. The third kappa shape index (κ3) is 4.11. The molecule has 1 aliphatic heterocycles. The van der Waals surface area contributed by atoms with Crippen molar-refractivity contribution < 1.29 is 14.6 Å². The van der Waals surface area contributed by atoms with Gasteiger partial charge in [0, 0.05) is 18.0 Å². The Bertz CT molecular complexity index is 456. The number of aliphatic hydroxyl groups excluding tert-OH is 1. The smallest absolute Gasteiger partial charge is 0.253 e. The lowest BCUT2D eigenvalue weighted by Gasteiger charge is -2.23. The molecule has 0 bridgehead atoms. The molecule has 1 atom stereocenters. The molecule has 6 heteroatoms. The Morgan fingerprint density at radius 2 is 2.40 bits per heavy atom. The molecular weight excluding hydrogens is 276 g/mol. The lowest BCUT2D eigenvalue weighted by molar-refractivity contribution is 0.0869. The zero-order valence-corrected chi connectivity index (χ0v) is 12.6. The van der Waals surface area contributed by atoms with Gasteiger partial charge in [-0.15, -0.1) is 0 Å². The van der Waals surface area contributed by atoms with E-state index in [9.17, 15) is 4.79 Å². The molecule has 0 saturated carbocycles. The van der Waals surface area contributed by atoms with Crippen LogP contribution in [0.5, 0.6) is 5.88 Å². The number of carbonyl (C=O) groups excluding carboxylic acids is 1. The van der Waals surface area contributed by atoms with E-state index in [4.69, 9.17) is 9.84 Å². The number of thioether (sulfide) groups is 1. The van der Waals surface area contributed by atoms with Crippen molar-refractivity contribution in [3.05, 3.63) is 23.9 Å². The number of aromatic nitrogens is 1. The molecule has 0 aliphatic carbocycles. The molecular formula is C14H20N2O3S. The highest BCUT2D eigenvalue weighted by molar-refractivity contribution is 7.99. The first-order chi connectivity index (χ1) is 9.50. The number of hydrogen-bond acceptors (Lipinski definition) is 5. The zero-order valence-electron chi connectivity index (χ0n) is 11.8. The molecule has 110 valence electrons. The maximum absolute atomic E-state index is 12.0. The Balaban J connectivity index is 1.95. The van der Waals surface area contributed by atoms with Gasteiger partial charge in [0.05, 0.1) is 17.7 Å². The Morgan fingerprint density at radius 3 is 2.95 bits per heavy atom. The molecule has 2 N–H and O–H groups in total. The van der Waals surface area contributed by atoms with Crippen molar-refractivity contribution in [2.75, 3.05) is 18.1 Å². The van der Waals surface area contributed by atoms with E-state index in [1.807, 2.05) is 11.8 Å². The lowest BCUT2D eigenvalue weighted by Crippen LogP contribution is -2.46. The minimum absolute atomic E-state index is 0.118. The zero-order chi connectivity index (χ0) is 14.6. The monoisotopic (exact) mass is 296 g/mol. The summed E-state index contributed by atoms with van der Waals surface area (Å²) >= 11 is 1.88. The molecule has 0 aromatic carbocycles. The lowest BCUT2D eigenvalue weighted by atomic mass is 10.1. The number of nitrogens with zero attached hydrogens (tertiary/aromatic N) is 1. The van der Waals surface area contributed by atoms with Crippen LogP contribution in [-0.2, 0) is 0 Å².